The number of piperazine rings is 1. The van der Waals surface area contributed by atoms with Gasteiger partial charge in [-0.1, -0.05) is 12.1 Å². The Kier molecular flexibility index (Phi) is 5.58. The van der Waals surface area contributed by atoms with Crippen molar-refractivity contribution < 1.29 is 14.3 Å². The summed E-state index contributed by atoms with van der Waals surface area (Å²) in [7, 11) is 1.27. The van der Waals surface area contributed by atoms with Gasteiger partial charge in [0, 0.05) is 32.7 Å². The lowest BCUT2D eigenvalue weighted by molar-refractivity contribution is -0.139. The number of anilines is 1. The van der Waals surface area contributed by atoms with Crippen LogP contribution >= 0.6 is 0 Å². The highest BCUT2D eigenvalue weighted by Gasteiger charge is 2.24. The maximum absolute atomic E-state index is 12.9. The highest BCUT2D eigenvalue weighted by atomic mass is 16.5. The van der Waals surface area contributed by atoms with Crippen LogP contribution in [0.15, 0.2) is 29.1 Å². The summed E-state index contributed by atoms with van der Waals surface area (Å²) < 4.78 is 6.22. The smallest absolute Gasteiger partial charge is 0.325 e. The summed E-state index contributed by atoms with van der Waals surface area (Å²) in [6.07, 6.45) is 0. The van der Waals surface area contributed by atoms with E-state index in [2.05, 4.69) is 15.0 Å². The lowest BCUT2D eigenvalue weighted by Gasteiger charge is -2.35. The molecule has 0 aliphatic carbocycles. The quantitative estimate of drug-likeness (QED) is 0.781. The molecule has 2 aromatic rings. The average Bonchev–Trinajstić information content (AvgIpc) is 2.71. The molecule has 0 radical (unpaired) electrons. The molecule has 27 heavy (non-hydrogen) atoms. The zero-order chi connectivity index (χ0) is 19.4. The molecule has 0 spiro atoms. The molecular formula is C18H23N5O4. The molecule has 1 aromatic carbocycles. The number of hydrogen-bond acceptors (Lipinski definition) is 6. The van der Waals surface area contributed by atoms with E-state index in [1.165, 1.54) is 7.11 Å². The SMILES string of the molecule is CCn1c(=O)c(N2CCN(C(=O)NCC(=O)OC)CC2)nc2ccccc21. The first kappa shape index (κ1) is 18.7. The Morgan fingerprint density at radius 2 is 1.89 bits per heavy atom. The summed E-state index contributed by atoms with van der Waals surface area (Å²) in [5.74, 6) is -0.0902. The molecule has 1 aliphatic heterocycles. The van der Waals surface area contributed by atoms with Crippen LogP contribution in [0, 0.1) is 0 Å². The first-order valence-electron chi connectivity index (χ1n) is 8.89. The van der Waals surface area contributed by atoms with Crippen molar-refractivity contribution in [2.75, 3.05) is 44.7 Å². The second kappa shape index (κ2) is 8.07. The minimum atomic E-state index is -0.498. The van der Waals surface area contributed by atoms with Crippen molar-refractivity contribution in [3.8, 4) is 0 Å². The molecule has 9 nitrogen and oxygen atoms in total. The second-order valence-corrected chi connectivity index (χ2v) is 6.18. The largest absolute Gasteiger partial charge is 0.468 e. The van der Waals surface area contributed by atoms with Gasteiger partial charge in [-0.25, -0.2) is 9.78 Å². The second-order valence-electron chi connectivity index (χ2n) is 6.18. The number of amides is 2. The molecule has 9 heteroatoms. The van der Waals surface area contributed by atoms with Crippen LogP contribution in [0.3, 0.4) is 0 Å². The lowest BCUT2D eigenvalue weighted by atomic mass is 10.2. The van der Waals surface area contributed by atoms with Gasteiger partial charge in [-0.3, -0.25) is 9.59 Å². The van der Waals surface area contributed by atoms with Crippen LogP contribution in [-0.4, -0.2) is 66.3 Å². The highest BCUT2D eigenvalue weighted by Crippen LogP contribution is 2.16. The number of ether oxygens (including phenoxy) is 1. The first-order chi connectivity index (χ1) is 13.0. The van der Waals surface area contributed by atoms with Crippen molar-refractivity contribution in [3.63, 3.8) is 0 Å². The zero-order valence-electron chi connectivity index (χ0n) is 15.5. The third kappa shape index (κ3) is 3.86. The minimum Gasteiger partial charge on any atom is -0.468 e. The van der Waals surface area contributed by atoms with Gasteiger partial charge in [0.15, 0.2) is 5.82 Å². The van der Waals surface area contributed by atoms with Crippen molar-refractivity contribution in [1.82, 2.24) is 19.8 Å². The summed E-state index contributed by atoms with van der Waals surface area (Å²) in [5.41, 5.74) is 1.46. The molecular weight excluding hydrogens is 350 g/mol. The number of urea groups is 1. The number of carbonyl (C=O) groups is 2. The van der Waals surface area contributed by atoms with Crippen molar-refractivity contribution in [3.05, 3.63) is 34.6 Å². The van der Waals surface area contributed by atoms with Crippen molar-refractivity contribution in [1.29, 1.82) is 0 Å². The summed E-state index contributed by atoms with van der Waals surface area (Å²) in [5, 5.41) is 2.52. The van der Waals surface area contributed by atoms with Gasteiger partial charge in [-0.05, 0) is 19.1 Å². The molecule has 1 aliphatic rings. The van der Waals surface area contributed by atoms with Gasteiger partial charge in [-0.2, -0.15) is 0 Å². The minimum absolute atomic E-state index is 0.125. The molecule has 1 N–H and O–H groups in total. The van der Waals surface area contributed by atoms with E-state index >= 15 is 0 Å². The van der Waals surface area contributed by atoms with E-state index in [0.717, 1.165) is 11.0 Å². The van der Waals surface area contributed by atoms with Crippen LogP contribution in [0.2, 0.25) is 0 Å². The summed E-state index contributed by atoms with van der Waals surface area (Å²) in [6, 6.07) is 7.24. The Morgan fingerprint density at radius 1 is 1.19 bits per heavy atom. The summed E-state index contributed by atoms with van der Waals surface area (Å²) in [4.78, 5) is 44.2. The molecule has 1 aromatic heterocycles. The van der Waals surface area contributed by atoms with Crippen molar-refractivity contribution in [2.45, 2.75) is 13.5 Å². The number of esters is 1. The van der Waals surface area contributed by atoms with Crippen LogP contribution in [0.25, 0.3) is 11.0 Å². The third-order valence-electron chi connectivity index (χ3n) is 4.63. The van der Waals surface area contributed by atoms with Gasteiger partial charge in [0.25, 0.3) is 5.56 Å². The molecule has 3 rings (SSSR count). The number of nitrogens with one attached hydrogen (secondary N) is 1. The van der Waals surface area contributed by atoms with E-state index in [-0.39, 0.29) is 18.1 Å². The summed E-state index contributed by atoms with van der Waals surface area (Å²) >= 11 is 0. The molecule has 1 saturated heterocycles. The number of hydrogen-bond donors (Lipinski definition) is 1. The first-order valence-corrected chi connectivity index (χ1v) is 8.89. The Hall–Kier alpha value is -3.10. The maximum atomic E-state index is 12.9. The number of aryl methyl sites for hydroxylation is 1. The van der Waals surface area contributed by atoms with Crippen LogP contribution in [0.1, 0.15) is 6.92 Å². The van der Waals surface area contributed by atoms with E-state index in [1.54, 1.807) is 9.47 Å². The molecule has 0 atom stereocenters. The van der Waals surface area contributed by atoms with E-state index in [0.29, 0.717) is 38.5 Å². The third-order valence-corrected chi connectivity index (χ3v) is 4.63. The zero-order valence-corrected chi connectivity index (χ0v) is 15.5. The lowest BCUT2D eigenvalue weighted by Crippen LogP contribution is -2.53. The molecule has 0 unspecified atom stereocenters. The monoisotopic (exact) mass is 373 g/mol. The number of carbonyl (C=O) groups excluding carboxylic acids is 2. The average molecular weight is 373 g/mol. The van der Waals surface area contributed by atoms with Gasteiger partial charge in [0.05, 0.1) is 18.1 Å². The van der Waals surface area contributed by atoms with Crippen LogP contribution in [-0.2, 0) is 16.1 Å². The Bertz CT molecular complexity index is 902. The number of benzene rings is 1. The standard InChI is InChI=1S/C18H23N5O4/c1-3-23-14-7-5-4-6-13(14)20-16(17(23)25)21-8-10-22(11-9-21)18(26)19-12-15(24)27-2/h4-7H,3,8-12H2,1-2H3,(H,19,26). The fourth-order valence-corrected chi connectivity index (χ4v) is 3.15. The van der Waals surface area contributed by atoms with E-state index in [4.69, 9.17) is 0 Å². The van der Waals surface area contributed by atoms with Crippen LogP contribution in [0.5, 0.6) is 0 Å². The van der Waals surface area contributed by atoms with E-state index in [1.807, 2.05) is 36.1 Å². The van der Waals surface area contributed by atoms with Gasteiger partial charge < -0.3 is 24.4 Å². The Labute approximate surface area is 156 Å². The molecule has 144 valence electrons. The Balaban J connectivity index is 1.73. The van der Waals surface area contributed by atoms with E-state index in [9.17, 15) is 14.4 Å². The van der Waals surface area contributed by atoms with Gasteiger partial charge in [-0.15, -0.1) is 0 Å². The predicted molar refractivity (Wildman–Crippen MR) is 101 cm³/mol. The van der Waals surface area contributed by atoms with Crippen molar-refractivity contribution >= 4 is 28.9 Å². The molecule has 0 bridgehead atoms. The fourth-order valence-electron chi connectivity index (χ4n) is 3.15. The molecule has 0 saturated carbocycles. The topological polar surface area (TPSA) is 96.8 Å². The number of nitrogens with zero attached hydrogens (tertiary/aromatic N) is 4. The number of rotatable bonds is 4. The number of methoxy groups -OCH3 is 1. The maximum Gasteiger partial charge on any atom is 0.325 e. The number of para-hydroxylation sites is 2. The van der Waals surface area contributed by atoms with Gasteiger partial charge in [0.1, 0.15) is 6.54 Å². The molecule has 2 amide bonds. The van der Waals surface area contributed by atoms with Crippen molar-refractivity contribution in [2.24, 2.45) is 0 Å². The highest BCUT2D eigenvalue weighted by molar-refractivity contribution is 5.81. The number of fused-ring (bicyclic) bond motifs is 1. The number of aromatic nitrogens is 2. The normalized spacial score (nSPS) is 14.3. The molecule has 2 heterocycles. The van der Waals surface area contributed by atoms with Crippen LogP contribution < -0.4 is 15.8 Å². The predicted octanol–water partition coefficient (Wildman–Crippen LogP) is 0.421. The molecule has 1 fully saturated rings. The van der Waals surface area contributed by atoms with Crippen LogP contribution in [0.4, 0.5) is 10.6 Å². The van der Waals surface area contributed by atoms with Gasteiger partial charge >= 0.3 is 12.0 Å². The Morgan fingerprint density at radius 3 is 2.56 bits per heavy atom. The van der Waals surface area contributed by atoms with E-state index < -0.39 is 5.97 Å². The summed E-state index contributed by atoms with van der Waals surface area (Å²) in [6.45, 7) is 4.20. The van der Waals surface area contributed by atoms with Gasteiger partial charge in [0.2, 0.25) is 0 Å². The fraction of sp³-hybridized carbons (Fsp3) is 0.444.